The lowest BCUT2D eigenvalue weighted by Gasteiger charge is -2.23. The van der Waals surface area contributed by atoms with Gasteiger partial charge in [-0.2, -0.15) is 4.98 Å². The molecule has 2 N–H and O–H groups in total. The molecule has 92 valence electrons. The summed E-state index contributed by atoms with van der Waals surface area (Å²) in [6, 6.07) is 7.97. The van der Waals surface area contributed by atoms with Gasteiger partial charge in [-0.15, -0.1) is 0 Å². The summed E-state index contributed by atoms with van der Waals surface area (Å²) in [5.41, 5.74) is 2.46. The fraction of sp³-hybridized carbons (Fsp3) is 0.250. The molecule has 1 aromatic carbocycles. The Labute approximate surface area is 103 Å². The van der Waals surface area contributed by atoms with Crippen molar-refractivity contribution in [1.82, 2.24) is 15.5 Å². The SMILES string of the molecule is O=C(O)c1noc([C@@H]2Cc3ccccc3CN2)n1. The van der Waals surface area contributed by atoms with Gasteiger partial charge in [-0.3, -0.25) is 0 Å². The minimum Gasteiger partial charge on any atom is -0.475 e. The molecule has 1 aromatic heterocycles. The van der Waals surface area contributed by atoms with E-state index in [1.807, 2.05) is 12.1 Å². The number of fused-ring (bicyclic) bond motifs is 1. The van der Waals surface area contributed by atoms with Crippen molar-refractivity contribution in [2.24, 2.45) is 0 Å². The van der Waals surface area contributed by atoms with E-state index >= 15 is 0 Å². The van der Waals surface area contributed by atoms with Gasteiger partial charge in [0.1, 0.15) is 0 Å². The predicted molar refractivity (Wildman–Crippen MR) is 61.0 cm³/mol. The molecule has 0 radical (unpaired) electrons. The van der Waals surface area contributed by atoms with Crippen LogP contribution in [0.5, 0.6) is 0 Å². The first-order chi connectivity index (χ1) is 8.74. The summed E-state index contributed by atoms with van der Waals surface area (Å²) in [4.78, 5) is 14.6. The summed E-state index contributed by atoms with van der Waals surface area (Å²) in [5, 5.41) is 15.4. The second-order valence-electron chi connectivity index (χ2n) is 4.17. The van der Waals surface area contributed by atoms with Crippen LogP contribution in [0.25, 0.3) is 0 Å². The summed E-state index contributed by atoms with van der Waals surface area (Å²) in [5.74, 6) is -1.16. The highest BCUT2D eigenvalue weighted by atomic mass is 16.5. The van der Waals surface area contributed by atoms with Gasteiger partial charge in [-0.05, 0) is 22.7 Å². The minimum absolute atomic E-state index is 0.125. The molecule has 0 fully saturated rings. The molecule has 3 rings (SSSR count). The fourth-order valence-corrected chi connectivity index (χ4v) is 2.09. The Kier molecular flexibility index (Phi) is 2.56. The van der Waals surface area contributed by atoms with Crippen molar-refractivity contribution < 1.29 is 14.4 Å². The van der Waals surface area contributed by atoms with Crippen molar-refractivity contribution >= 4 is 5.97 Å². The maximum absolute atomic E-state index is 10.7. The lowest BCUT2D eigenvalue weighted by molar-refractivity contribution is 0.0680. The number of rotatable bonds is 2. The molecule has 18 heavy (non-hydrogen) atoms. The molecule has 2 heterocycles. The molecule has 0 aliphatic carbocycles. The van der Waals surface area contributed by atoms with E-state index in [9.17, 15) is 4.79 Å². The highest BCUT2D eigenvalue weighted by Gasteiger charge is 2.25. The van der Waals surface area contributed by atoms with E-state index in [1.165, 1.54) is 11.1 Å². The third-order valence-electron chi connectivity index (χ3n) is 3.01. The van der Waals surface area contributed by atoms with Crippen LogP contribution in [0.4, 0.5) is 0 Å². The molecular formula is C12H11N3O3. The van der Waals surface area contributed by atoms with Crippen molar-refractivity contribution in [2.45, 2.75) is 19.0 Å². The van der Waals surface area contributed by atoms with E-state index in [-0.39, 0.29) is 11.9 Å². The number of aromatic nitrogens is 2. The molecule has 1 atom stereocenters. The van der Waals surface area contributed by atoms with Crippen LogP contribution in [0.2, 0.25) is 0 Å². The van der Waals surface area contributed by atoms with Crippen molar-refractivity contribution in [1.29, 1.82) is 0 Å². The Morgan fingerprint density at radius 3 is 2.89 bits per heavy atom. The zero-order valence-corrected chi connectivity index (χ0v) is 9.46. The molecule has 0 saturated heterocycles. The molecule has 6 heteroatoms. The first-order valence-electron chi connectivity index (χ1n) is 5.61. The van der Waals surface area contributed by atoms with Crippen LogP contribution in [-0.4, -0.2) is 21.2 Å². The van der Waals surface area contributed by atoms with Gasteiger partial charge in [0.05, 0.1) is 6.04 Å². The second-order valence-corrected chi connectivity index (χ2v) is 4.17. The summed E-state index contributed by atoms with van der Waals surface area (Å²) >= 11 is 0. The largest absolute Gasteiger partial charge is 0.475 e. The summed E-state index contributed by atoms with van der Waals surface area (Å²) in [7, 11) is 0. The topological polar surface area (TPSA) is 88.2 Å². The highest BCUT2D eigenvalue weighted by molar-refractivity contribution is 5.82. The number of carboxylic acids is 1. The van der Waals surface area contributed by atoms with Crippen molar-refractivity contribution in [3.8, 4) is 0 Å². The van der Waals surface area contributed by atoms with E-state index in [2.05, 4.69) is 27.6 Å². The van der Waals surface area contributed by atoms with Gasteiger partial charge >= 0.3 is 5.97 Å². The number of aromatic carboxylic acids is 1. The molecule has 0 amide bonds. The monoisotopic (exact) mass is 245 g/mol. The zero-order chi connectivity index (χ0) is 12.5. The third-order valence-corrected chi connectivity index (χ3v) is 3.01. The summed E-state index contributed by atoms with van der Waals surface area (Å²) < 4.78 is 4.98. The first-order valence-corrected chi connectivity index (χ1v) is 5.61. The van der Waals surface area contributed by atoms with E-state index in [0.717, 1.165) is 6.42 Å². The lowest BCUT2D eigenvalue weighted by atomic mass is 9.96. The van der Waals surface area contributed by atoms with Gasteiger partial charge in [-0.25, -0.2) is 4.79 Å². The quantitative estimate of drug-likeness (QED) is 0.825. The zero-order valence-electron chi connectivity index (χ0n) is 9.46. The van der Waals surface area contributed by atoms with Crippen molar-refractivity contribution in [3.63, 3.8) is 0 Å². The molecule has 2 aromatic rings. The van der Waals surface area contributed by atoms with Crippen LogP contribution < -0.4 is 5.32 Å². The number of hydrogen-bond acceptors (Lipinski definition) is 5. The molecule has 0 spiro atoms. The Morgan fingerprint density at radius 2 is 2.17 bits per heavy atom. The number of carboxylic acid groups (broad SMARTS) is 1. The van der Waals surface area contributed by atoms with E-state index in [4.69, 9.17) is 9.63 Å². The number of carbonyl (C=O) groups is 1. The maximum Gasteiger partial charge on any atom is 0.377 e. The molecule has 0 unspecified atom stereocenters. The molecule has 0 bridgehead atoms. The Hall–Kier alpha value is -2.21. The van der Waals surface area contributed by atoms with Gasteiger partial charge in [0.25, 0.3) is 5.82 Å². The van der Waals surface area contributed by atoms with E-state index < -0.39 is 5.97 Å². The van der Waals surface area contributed by atoms with Crippen LogP contribution in [0.1, 0.15) is 33.7 Å². The Balaban J connectivity index is 1.85. The van der Waals surface area contributed by atoms with E-state index in [1.54, 1.807) is 0 Å². The second kappa shape index (κ2) is 4.23. The van der Waals surface area contributed by atoms with Gasteiger partial charge in [0.15, 0.2) is 0 Å². The van der Waals surface area contributed by atoms with Crippen LogP contribution in [0, 0.1) is 0 Å². The van der Waals surface area contributed by atoms with Crippen molar-refractivity contribution in [2.75, 3.05) is 0 Å². The minimum atomic E-state index is -1.18. The normalized spacial score (nSPS) is 18.3. The Morgan fingerprint density at radius 1 is 1.39 bits per heavy atom. The standard InChI is InChI=1S/C12H11N3O3/c16-12(17)10-14-11(18-15-10)9-5-7-3-1-2-4-8(7)6-13-9/h1-4,9,13H,5-6H2,(H,16,17)/t9-/m0/s1. The number of benzene rings is 1. The average Bonchev–Trinajstić information content (AvgIpc) is 2.88. The smallest absolute Gasteiger partial charge is 0.377 e. The molecule has 1 aliphatic heterocycles. The summed E-state index contributed by atoms with van der Waals surface area (Å²) in [6.45, 7) is 0.714. The maximum atomic E-state index is 10.7. The van der Waals surface area contributed by atoms with Crippen molar-refractivity contribution in [3.05, 3.63) is 47.1 Å². The van der Waals surface area contributed by atoms with Crippen LogP contribution in [0.15, 0.2) is 28.8 Å². The number of nitrogens with one attached hydrogen (secondary N) is 1. The number of nitrogens with zero attached hydrogens (tertiary/aromatic N) is 2. The molecular weight excluding hydrogens is 234 g/mol. The molecule has 0 saturated carbocycles. The van der Waals surface area contributed by atoms with Crippen LogP contribution in [-0.2, 0) is 13.0 Å². The van der Waals surface area contributed by atoms with Gasteiger partial charge < -0.3 is 14.9 Å². The van der Waals surface area contributed by atoms with Gasteiger partial charge in [0.2, 0.25) is 5.89 Å². The first kappa shape index (κ1) is 10.9. The third kappa shape index (κ3) is 1.86. The lowest BCUT2D eigenvalue weighted by Crippen LogP contribution is -2.28. The highest BCUT2D eigenvalue weighted by Crippen LogP contribution is 2.24. The Bertz CT molecular complexity index is 594. The fourth-order valence-electron chi connectivity index (χ4n) is 2.09. The van der Waals surface area contributed by atoms with E-state index in [0.29, 0.717) is 12.4 Å². The molecule has 6 nitrogen and oxygen atoms in total. The molecule has 1 aliphatic rings. The van der Waals surface area contributed by atoms with Gasteiger partial charge in [-0.1, -0.05) is 24.3 Å². The average molecular weight is 245 g/mol. The van der Waals surface area contributed by atoms with Crippen LogP contribution >= 0.6 is 0 Å². The summed E-state index contributed by atoms with van der Waals surface area (Å²) in [6.07, 6.45) is 0.720. The van der Waals surface area contributed by atoms with Gasteiger partial charge in [0, 0.05) is 6.54 Å². The van der Waals surface area contributed by atoms with Crippen LogP contribution in [0.3, 0.4) is 0 Å². The number of hydrogen-bond donors (Lipinski definition) is 2. The predicted octanol–water partition coefficient (Wildman–Crippen LogP) is 1.15.